The van der Waals surface area contributed by atoms with Crippen molar-refractivity contribution in [1.82, 2.24) is 4.90 Å². The lowest BCUT2D eigenvalue weighted by molar-refractivity contribution is 0.326. The van der Waals surface area contributed by atoms with E-state index in [0.717, 1.165) is 48.1 Å². The average molecular weight is 549 g/mol. The van der Waals surface area contributed by atoms with E-state index in [4.69, 9.17) is 34.7 Å². The lowest BCUT2D eigenvalue weighted by Gasteiger charge is -2.28. The van der Waals surface area contributed by atoms with E-state index in [9.17, 15) is 0 Å². The van der Waals surface area contributed by atoms with Gasteiger partial charge in [0.1, 0.15) is 0 Å². The summed E-state index contributed by atoms with van der Waals surface area (Å²) >= 11 is 12.5. The first-order valence-electron chi connectivity index (χ1n) is 12.7. The number of halogens is 2. The Morgan fingerprint density at radius 3 is 1.89 bits per heavy atom. The van der Waals surface area contributed by atoms with E-state index in [0.29, 0.717) is 22.4 Å². The van der Waals surface area contributed by atoms with Gasteiger partial charge in [-0.2, -0.15) is 0 Å². The van der Waals surface area contributed by atoms with E-state index >= 15 is 0 Å². The summed E-state index contributed by atoms with van der Waals surface area (Å²) in [4.78, 5) is 6.82. The molecular formula is C31H35Cl2N5. The van der Waals surface area contributed by atoms with Crippen molar-refractivity contribution >= 4 is 51.6 Å². The van der Waals surface area contributed by atoms with Gasteiger partial charge in [-0.1, -0.05) is 71.7 Å². The van der Waals surface area contributed by atoms with Gasteiger partial charge in [-0.3, -0.25) is 4.90 Å². The van der Waals surface area contributed by atoms with Crippen LogP contribution in [0.5, 0.6) is 0 Å². The van der Waals surface area contributed by atoms with Crippen molar-refractivity contribution in [2.45, 2.75) is 19.0 Å². The van der Waals surface area contributed by atoms with Gasteiger partial charge in [0.05, 0.1) is 21.4 Å². The molecule has 1 aliphatic rings. The number of hydrogen-bond donors (Lipinski definition) is 2. The Labute approximate surface area is 236 Å². The summed E-state index contributed by atoms with van der Waals surface area (Å²) in [6, 6.07) is 32.5. The highest BCUT2D eigenvalue weighted by atomic mass is 35.5. The summed E-state index contributed by atoms with van der Waals surface area (Å²) < 4.78 is 0. The lowest BCUT2D eigenvalue weighted by Crippen LogP contribution is -2.34. The molecule has 1 saturated heterocycles. The maximum Gasteiger partial charge on any atom is 0.0663 e. The molecule has 0 bridgehead atoms. The molecule has 0 radical (unpaired) electrons. The number of likely N-dealkylation sites (tertiary alicyclic amines) is 1. The zero-order valence-electron chi connectivity index (χ0n) is 21.9. The van der Waals surface area contributed by atoms with Crippen LogP contribution in [0, 0.1) is 0 Å². The molecule has 1 fully saturated rings. The normalized spacial score (nSPS) is 15.0. The summed E-state index contributed by atoms with van der Waals surface area (Å²) in [6.07, 6.45) is 1.16. The van der Waals surface area contributed by atoms with Crippen LogP contribution < -0.4 is 21.3 Å². The molecule has 0 spiro atoms. The van der Waals surface area contributed by atoms with Crippen LogP contribution in [-0.4, -0.2) is 38.1 Å². The Kier molecular flexibility index (Phi) is 9.40. The van der Waals surface area contributed by atoms with Gasteiger partial charge in [-0.15, -0.1) is 0 Å². The molecule has 7 heteroatoms. The number of likely N-dealkylation sites (N-methyl/N-ethyl adjacent to an activating group) is 1. The van der Waals surface area contributed by atoms with Crippen molar-refractivity contribution in [2.75, 3.05) is 48.5 Å². The molecule has 1 unspecified atom stereocenters. The first-order valence-corrected chi connectivity index (χ1v) is 13.5. The van der Waals surface area contributed by atoms with Crippen LogP contribution >= 0.6 is 23.2 Å². The summed E-state index contributed by atoms with van der Waals surface area (Å²) in [5.74, 6) is 0. The van der Waals surface area contributed by atoms with E-state index in [1.165, 1.54) is 5.56 Å². The smallest absolute Gasteiger partial charge is 0.0663 e. The summed E-state index contributed by atoms with van der Waals surface area (Å²) in [5, 5.41) is 1.38. The maximum atomic E-state index is 6.33. The van der Waals surface area contributed by atoms with Crippen molar-refractivity contribution < 1.29 is 0 Å². The fourth-order valence-corrected chi connectivity index (χ4v) is 5.34. The van der Waals surface area contributed by atoms with Crippen LogP contribution in [0.25, 0.3) is 0 Å². The fraction of sp³-hybridized carbons (Fsp3) is 0.226. The van der Waals surface area contributed by atoms with Crippen LogP contribution in [0.3, 0.4) is 0 Å². The van der Waals surface area contributed by atoms with Crippen LogP contribution in [-0.2, 0) is 6.54 Å². The standard InChI is InChI=1S/C18H22ClN3.C13H13ClN2/c1-21(18-8-7-15(20)11-17(18)19)16-9-10-22(13-16)12-14-5-3-2-4-6-14;1-16(11-5-3-2-4-6-11)13-8-7-10(15)9-12(13)14/h2-8,11,16H,9-10,12-13,20H2,1H3;2-9H,15H2,1H3. The van der Waals surface area contributed by atoms with Crippen molar-refractivity contribution in [3.63, 3.8) is 0 Å². The third kappa shape index (κ3) is 7.13. The number of rotatable bonds is 6. The molecule has 1 atom stereocenters. The second-order valence-corrected chi connectivity index (χ2v) is 10.4. The molecule has 0 saturated carbocycles. The quantitative estimate of drug-likeness (QED) is 0.247. The predicted molar refractivity (Wildman–Crippen MR) is 165 cm³/mol. The minimum atomic E-state index is 0.491. The van der Waals surface area contributed by atoms with Crippen LogP contribution in [0.1, 0.15) is 12.0 Å². The topological polar surface area (TPSA) is 61.8 Å². The molecule has 5 rings (SSSR count). The second kappa shape index (κ2) is 12.9. The summed E-state index contributed by atoms with van der Waals surface area (Å²) in [5.41, 5.74) is 17.3. The molecule has 0 aliphatic carbocycles. The molecule has 0 aromatic heterocycles. The molecule has 198 valence electrons. The van der Waals surface area contributed by atoms with Gasteiger partial charge in [0, 0.05) is 56.8 Å². The molecule has 1 heterocycles. The number of nitrogens with zero attached hydrogens (tertiary/aromatic N) is 3. The van der Waals surface area contributed by atoms with E-state index < -0.39 is 0 Å². The van der Waals surface area contributed by atoms with Gasteiger partial charge >= 0.3 is 0 Å². The fourth-order valence-electron chi connectivity index (χ4n) is 4.71. The molecule has 4 N–H and O–H groups in total. The molecule has 0 amide bonds. The number of benzene rings is 4. The van der Waals surface area contributed by atoms with Crippen molar-refractivity contribution in [2.24, 2.45) is 0 Å². The van der Waals surface area contributed by atoms with E-state index in [1.807, 2.05) is 72.6 Å². The van der Waals surface area contributed by atoms with Crippen LogP contribution in [0.15, 0.2) is 97.1 Å². The Hall–Kier alpha value is -3.38. The van der Waals surface area contributed by atoms with Crippen molar-refractivity contribution in [1.29, 1.82) is 0 Å². The van der Waals surface area contributed by atoms with Gasteiger partial charge < -0.3 is 21.3 Å². The van der Waals surface area contributed by atoms with Gasteiger partial charge in [0.15, 0.2) is 0 Å². The summed E-state index contributed by atoms with van der Waals surface area (Å²) in [6.45, 7) is 3.20. The van der Waals surface area contributed by atoms with E-state index in [2.05, 4.69) is 47.2 Å². The number of para-hydroxylation sites is 1. The van der Waals surface area contributed by atoms with Crippen LogP contribution in [0.2, 0.25) is 10.0 Å². The van der Waals surface area contributed by atoms with Gasteiger partial charge in [0.2, 0.25) is 0 Å². The Morgan fingerprint density at radius 1 is 0.763 bits per heavy atom. The number of nitrogen functional groups attached to an aromatic ring is 2. The number of anilines is 5. The Bertz CT molecular complexity index is 1320. The summed E-state index contributed by atoms with van der Waals surface area (Å²) in [7, 11) is 4.10. The second-order valence-electron chi connectivity index (χ2n) is 9.59. The zero-order valence-corrected chi connectivity index (χ0v) is 23.4. The minimum Gasteiger partial charge on any atom is -0.399 e. The first kappa shape index (κ1) is 27.6. The Balaban J connectivity index is 0.000000186. The molecule has 1 aliphatic heterocycles. The van der Waals surface area contributed by atoms with Gasteiger partial charge in [-0.05, 0) is 60.5 Å². The highest BCUT2D eigenvalue weighted by Crippen LogP contribution is 2.32. The van der Waals surface area contributed by atoms with Crippen LogP contribution in [0.4, 0.5) is 28.4 Å². The van der Waals surface area contributed by atoms with Gasteiger partial charge in [0.25, 0.3) is 0 Å². The highest BCUT2D eigenvalue weighted by molar-refractivity contribution is 6.34. The molecule has 4 aromatic rings. The third-order valence-electron chi connectivity index (χ3n) is 6.87. The van der Waals surface area contributed by atoms with Crippen molar-refractivity contribution in [3.8, 4) is 0 Å². The molecule has 5 nitrogen and oxygen atoms in total. The maximum absolute atomic E-state index is 6.33. The highest BCUT2D eigenvalue weighted by Gasteiger charge is 2.26. The largest absolute Gasteiger partial charge is 0.399 e. The molecular weight excluding hydrogens is 513 g/mol. The van der Waals surface area contributed by atoms with E-state index in [-0.39, 0.29) is 0 Å². The average Bonchev–Trinajstić information content (AvgIpc) is 3.38. The number of nitrogens with two attached hydrogens (primary N) is 2. The minimum absolute atomic E-state index is 0.491. The monoisotopic (exact) mass is 547 g/mol. The Morgan fingerprint density at radius 2 is 1.32 bits per heavy atom. The third-order valence-corrected chi connectivity index (χ3v) is 7.48. The predicted octanol–water partition coefficient (Wildman–Crippen LogP) is 7.32. The zero-order chi connectivity index (χ0) is 27.1. The van der Waals surface area contributed by atoms with E-state index in [1.54, 1.807) is 6.07 Å². The molecule has 4 aromatic carbocycles. The molecule has 38 heavy (non-hydrogen) atoms. The SMILES string of the molecule is CN(c1ccc(N)cc1Cl)C1CCN(Cc2ccccc2)C1.CN(c1ccccc1)c1ccc(N)cc1Cl. The number of hydrogen-bond acceptors (Lipinski definition) is 5. The van der Waals surface area contributed by atoms with Gasteiger partial charge in [-0.25, -0.2) is 0 Å². The lowest BCUT2D eigenvalue weighted by atomic mass is 10.2. The van der Waals surface area contributed by atoms with Crippen molar-refractivity contribution in [3.05, 3.63) is 113 Å². The first-order chi connectivity index (χ1) is 18.3.